The van der Waals surface area contributed by atoms with Crippen LogP contribution in [0.4, 0.5) is 0 Å². The van der Waals surface area contributed by atoms with E-state index in [2.05, 4.69) is 24.3 Å². The fourth-order valence-electron chi connectivity index (χ4n) is 1.56. The van der Waals surface area contributed by atoms with E-state index >= 15 is 0 Å². The minimum Gasteiger partial charge on any atom is -0.469 e. The summed E-state index contributed by atoms with van der Waals surface area (Å²) in [7, 11) is 1.42. The first kappa shape index (κ1) is 12.1. The minimum atomic E-state index is -0.161. The molecule has 0 fully saturated rings. The van der Waals surface area contributed by atoms with E-state index in [9.17, 15) is 4.79 Å². The van der Waals surface area contributed by atoms with Crippen LogP contribution >= 0.6 is 12.6 Å². The first-order valence-electron chi connectivity index (χ1n) is 5.03. The summed E-state index contributed by atoms with van der Waals surface area (Å²) in [4.78, 5) is 12.1. The molecule has 0 saturated heterocycles. The van der Waals surface area contributed by atoms with E-state index in [0.29, 0.717) is 6.42 Å². The van der Waals surface area contributed by atoms with Gasteiger partial charge in [0.2, 0.25) is 0 Å². The molecule has 0 heterocycles. The first-order chi connectivity index (χ1) is 7.17. The highest BCUT2D eigenvalue weighted by Gasteiger charge is 2.14. The quantitative estimate of drug-likeness (QED) is 0.628. The van der Waals surface area contributed by atoms with Crippen molar-refractivity contribution in [3.8, 4) is 0 Å². The van der Waals surface area contributed by atoms with Gasteiger partial charge in [0.1, 0.15) is 0 Å². The molecule has 1 aromatic carbocycles. The Morgan fingerprint density at radius 1 is 1.53 bits per heavy atom. The molecule has 0 amide bonds. The van der Waals surface area contributed by atoms with E-state index in [0.717, 1.165) is 16.9 Å². The zero-order valence-electron chi connectivity index (χ0n) is 9.06. The largest absolute Gasteiger partial charge is 0.469 e. The van der Waals surface area contributed by atoms with Crippen LogP contribution in [0.15, 0.2) is 29.2 Å². The van der Waals surface area contributed by atoms with E-state index in [1.54, 1.807) is 0 Å². The van der Waals surface area contributed by atoms with Crippen LogP contribution in [0.25, 0.3) is 0 Å². The average Bonchev–Trinajstić information content (AvgIpc) is 2.25. The summed E-state index contributed by atoms with van der Waals surface area (Å²) in [6.07, 6.45) is 1.36. The van der Waals surface area contributed by atoms with Crippen molar-refractivity contribution in [2.45, 2.75) is 30.6 Å². The minimum absolute atomic E-state index is 0.161. The Bertz CT molecular complexity index is 336. The van der Waals surface area contributed by atoms with Crippen molar-refractivity contribution in [1.82, 2.24) is 0 Å². The summed E-state index contributed by atoms with van der Waals surface area (Å²) in [5, 5.41) is 0. The number of hydrogen-bond donors (Lipinski definition) is 1. The zero-order chi connectivity index (χ0) is 11.3. The Balaban J connectivity index is 2.78. The molecule has 3 heteroatoms. The Labute approximate surface area is 96.1 Å². The predicted octanol–water partition coefficient (Wildman–Crippen LogP) is 3.03. The van der Waals surface area contributed by atoms with Gasteiger partial charge >= 0.3 is 5.97 Å². The van der Waals surface area contributed by atoms with Crippen LogP contribution < -0.4 is 0 Å². The lowest BCUT2D eigenvalue weighted by atomic mass is 9.93. The molecule has 15 heavy (non-hydrogen) atoms. The smallest absolute Gasteiger partial charge is 0.306 e. The van der Waals surface area contributed by atoms with Crippen LogP contribution in [-0.4, -0.2) is 13.1 Å². The standard InChI is InChI=1S/C12H16O2S/c1-3-9(8-12(13)14-2)10-5-4-6-11(15)7-10/h4-7,9,15H,3,8H2,1-2H3/t9-/m0/s1. The lowest BCUT2D eigenvalue weighted by molar-refractivity contribution is -0.141. The van der Waals surface area contributed by atoms with Crippen LogP contribution in [0.5, 0.6) is 0 Å². The summed E-state index contributed by atoms with van der Waals surface area (Å²) < 4.78 is 4.68. The molecule has 0 saturated carbocycles. The van der Waals surface area contributed by atoms with E-state index in [-0.39, 0.29) is 11.9 Å². The predicted molar refractivity (Wildman–Crippen MR) is 63.4 cm³/mol. The third-order valence-electron chi connectivity index (χ3n) is 2.48. The van der Waals surface area contributed by atoms with Crippen molar-refractivity contribution in [1.29, 1.82) is 0 Å². The monoisotopic (exact) mass is 224 g/mol. The summed E-state index contributed by atoms with van der Waals surface area (Å²) in [5.74, 6) is 0.0657. The van der Waals surface area contributed by atoms with Gasteiger partial charge in [-0.2, -0.15) is 0 Å². The van der Waals surface area contributed by atoms with Crippen molar-refractivity contribution in [3.05, 3.63) is 29.8 Å². The van der Waals surface area contributed by atoms with Gasteiger partial charge in [0, 0.05) is 4.90 Å². The molecule has 0 aromatic heterocycles. The molecule has 0 aliphatic rings. The molecule has 0 radical (unpaired) electrons. The normalized spacial score (nSPS) is 12.2. The van der Waals surface area contributed by atoms with Crippen molar-refractivity contribution in [3.63, 3.8) is 0 Å². The number of benzene rings is 1. The Morgan fingerprint density at radius 2 is 2.27 bits per heavy atom. The Hall–Kier alpha value is -0.960. The Kier molecular flexibility index (Phi) is 4.69. The SMILES string of the molecule is CC[C@@H](CC(=O)OC)c1cccc(S)c1. The van der Waals surface area contributed by atoms with Gasteiger partial charge in [0.25, 0.3) is 0 Å². The summed E-state index contributed by atoms with van der Waals surface area (Å²) >= 11 is 4.28. The third-order valence-corrected chi connectivity index (χ3v) is 2.75. The molecule has 1 rings (SSSR count). The molecule has 0 N–H and O–H groups in total. The first-order valence-corrected chi connectivity index (χ1v) is 5.47. The maximum absolute atomic E-state index is 11.2. The number of carbonyl (C=O) groups excluding carboxylic acids is 1. The van der Waals surface area contributed by atoms with Crippen molar-refractivity contribution < 1.29 is 9.53 Å². The fourth-order valence-corrected chi connectivity index (χ4v) is 1.80. The molecule has 0 aliphatic heterocycles. The highest BCUT2D eigenvalue weighted by Crippen LogP contribution is 2.25. The van der Waals surface area contributed by atoms with Crippen LogP contribution in [0.1, 0.15) is 31.2 Å². The van der Waals surface area contributed by atoms with Crippen LogP contribution in [0.3, 0.4) is 0 Å². The number of thiol groups is 1. The maximum atomic E-state index is 11.2. The van der Waals surface area contributed by atoms with Crippen LogP contribution in [-0.2, 0) is 9.53 Å². The number of carbonyl (C=O) groups is 1. The fraction of sp³-hybridized carbons (Fsp3) is 0.417. The molecule has 1 atom stereocenters. The van der Waals surface area contributed by atoms with Crippen LogP contribution in [0, 0.1) is 0 Å². The molecule has 0 bridgehead atoms. The number of methoxy groups -OCH3 is 1. The Morgan fingerprint density at radius 3 is 2.80 bits per heavy atom. The average molecular weight is 224 g/mol. The molecule has 1 aromatic rings. The molecular formula is C12H16O2S. The third kappa shape index (κ3) is 3.59. The number of hydrogen-bond acceptors (Lipinski definition) is 3. The van der Waals surface area contributed by atoms with E-state index < -0.39 is 0 Å². The zero-order valence-corrected chi connectivity index (χ0v) is 9.96. The lowest BCUT2D eigenvalue weighted by Crippen LogP contribution is -2.08. The number of esters is 1. The highest BCUT2D eigenvalue weighted by molar-refractivity contribution is 7.80. The van der Waals surface area contributed by atoms with Crippen molar-refractivity contribution in [2.75, 3.05) is 7.11 Å². The van der Waals surface area contributed by atoms with Crippen molar-refractivity contribution in [2.24, 2.45) is 0 Å². The van der Waals surface area contributed by atoms with Gasteiger partial charge in [-0.3, -0.25) is 4.79 Å². The topological polar surface area (TPSA) is 26.3 Å². The van der Waals surface area contributed by atoms with E-state index in [1.165, 1.54) is 7.11 Å². The summed E-state index contributed by atoms with van der Waals surface area (Å²) in [6.45, 7) is 2.07. The van der Waals surface area contributed by atoms with E-state index in [1.807, 2.05) is 24.3 Å². The van der Waals surface area contributed by atoms with E-state index in [4.69, 9.17) is 0 Å². The summed E-state index contributed by atoms with van der Waals surface area (Å²) in [5.41, 5.74) is 1.15. The lowest BCUT2D eigenvalue weighted by Gasteiger charge is -2.14. The summed E-state index contributed by atoms with van der Waals surface area (Å²) in [6, 6.07) is 7.91. The molecule has 0 spiro atoms. The number of rotatable bonds is 4. The number of ether oxygens (including phenoxy) is 1. The van der Waals surface area contributed by atoms with Crippen LogP contribution in [0.2, 0.25) is 0 Å². The van der Waals surface area contributed by atoms with Crippen molar-refractivity contribution >= 4 is 18.6 Å². The second-order valence-electron chi connectivity index (χ2n) is 3.48. The molecule has 0 aliphatic carbocycles. The van der Waals surface area contributed by atoms with Gasteiger partial charge in [0.15, 0.2) is 0 Å². The van der Waals surface area contributed by atoms with Gasteiger partial charge in [0.05, 0.1) is 13.5 Å². The van der Waals surface area contributed by atoms with Gasteiger partial charge in [-0.1, -0.05) is 19.1 Å². The highest BCUT2D eigenvalue weighted by atomic mass is 32.1. The van der Waals surface area contributed by atoms with Gasteiger partial charge in [-0.05, 0) is 30.0 Å². The second kappa shape index (κ2) is 5.81. The molecule has 2 nitrogen and oxygen atoms in total. The van der Waals surface area contributed by atoms with Gasteiger partial charge < -0.3 is 4.74 Å². The molecule has 0 unspecified atom stereocenters. The molecule has 82 valence electrons. The molecular weight excluding hydrogens is 208 g/mol. The maximum Gasteiger partial charge on any atom is 0.306 e. The van der Waals surface area contributed by atoms with Gasteiger partial charge in [-0.15, -0.1) is 12.6 Å². The second-order valence-corrected chi connectivity index (χ2v) is 4.00. The van der Waals surface area contributed by atoms with Gasteiger partial charge in [-0.25, -0.2) is 0 Å².